The molecule has 7 heteroatoms. The number of rotatable bonds is 3. The van der Waals surface area contributed by atoms with Gasteiger partial charge in [0.15, 0.2) is 0 Å². The smallest absolute Gasteiger partial charge is 0.225 e. The Bertz CT molecular complexity index is 922. The van der Waals surface area contributed by atoms with Gasteiger partial charge in [0.05, 0.1) is 5.39 Å². The first-order valence-electron chi connectivity index (χ1n) is 9.12. The van der Waals surface area contributed by atoms with E-state index in [1.165, 1.54) is 10.3 Å². The third-order valence-corrected chi connectivity index (χ3v) is 5.64. The summed E-state index contributed by atoms with van der Waals surface area (Å²) >= 11 is 1.75. The largest absolute Gasteiger partial charge is 0.352 e. The molecule has 0 bridgehead atoms. The van der Waals surface area contributed by atoms with E-state index in [-0.39, 0.29) is 0 Å². The molecule has 0 amide bonds. The second-order valence-corrected chi connectivity index (χ2v) is 8.05. The van der Waals surface area contributed by atoms with Gasteiger partial charge in [-0.2, -0.15) is 0 Å². The molecule has 6 nitrogen and oxygen atoms in total. The molecule has 26 heavy (non-hydrogen) atoms. The molecule has 0 atom stereocenters. The maximum atomic E-state index is 4.85. The van der Waals surface area contributed by atoms with Gasteiger partial charge in [0.1, 0.15) is 16.5 Å². The molecule has 1 aliphatic rings. The minimum Gasteiger partial charge on any atom is -0.352 e. The van der Waals surface area contributed by atoms with Gasteiger partial charge in [-0.05, 0) is 32.9 Å². The van der Waals surface area contributed by atoms with Crippen molar-refractivity contribution in [1.82, 2.24) is 19.9 Å². The summed E-state index contributed by atoms with van der Waals surface area (Å²) in [4.78, 5) is 25.8. The van der Waals surface area contributed by atoms with Crippen molar-refractivity contribution in [2.24, 2.45) is 0 Å². The summed E-state index contributed by atoms with van der Waals surface area (Å²) in [6, 6.07) is 4.23. The van der Waals surface area contributed by atoms with Crippen LogP contribution in [-0.4, -0.2) is 46.1 Å². The lowest BCUT2D eigenvalue weighted by molar-refractivity contribution is 0.633. The van der Waals surface area contributed by atoms with Gasteiger partial charge in [-0.25, -0.2) is 19.9 Å². The van der Waals surface area contributed by atoms with Crippen LogP contribution in [0.15, 0.2) is 12.1 Å². The third-order valence-electron chi connectivity index (χ3n) is 4.69. The second-order valence-electron chi connectivity index (χ2n) is 6.82. The van der Waals surface area contributed by atoms with Crippen LogP contribution >= 0.6 is 11.3 Å². The highest BCUT2D eigenvalue weighted by atomic mass is 32.1. The molecule has 0 aromatic carbocycles. The minimum atomic E-state index is 0.843. The van der Waals surface area contributed by atoms with E-state index >= 15 is 0 Å². The van der Waals surface area contributed by atoms with Crippen molar-refractivity contribution < 1.29 is 0 Å². The molecule has 3 aromatic heterocycles. The van der Waals surface area contributed by atoms with Crippen LogP contribution in [0.3, 0.4) is 0 Å². The van der Waals surface area contributed by atoms with E-state index in [0.717, 1.165) is 66.4 Å². The van der Waals surface area contributed by atoms with Gasteiger partial charge in [-0.3, -0.25) is 0 Å². The average molecular weight is 369 g/mol. The molecule has 4 rings (SSSR count). The molecule has 1 saturated heterocycles. The maximum Gasteiger partial charge on any atom is 0.225 e. The average Bonchev–Trinajstić information content (AvgIpc) is 3.00. The van der Waals surface area contributed by atoms with Crippen molar-refractivity contribution in [1.29, 1.82) is 0 Å². The zero-order chi connectivity index (χ0) is 18.3. The fourth-order valence-electron chi connectivity index (χ4n) is 3.44. The van der Waals surface area contributed by atoms with Gasteiger partial charge in [-0.15, -0.1) is 11.3 Å². The van der Waals surface area contributed by atoms with Crippen molar-refractivity contribution in [3.05, 3.63) is 34.2 Å². The summed E-state index contributed by atoms with van der Waals surface area (Å²) in [5.74, 6) is 2.85. The monoisotopic (exact) mass is 368 g/mol. The highest BCUT2D eigenvalue weighted by molar-refractivity contribution is 7.18. The molecule has 1 aliphatic heterocycles. The Balaban J connectivity index is 1.59. The fraction of sp³-hybridized carbons (Fsp3) is 0.474. The topological polar surface area (TPSA) is 58.0 Å². The predicted molar refractivity (Wildman–Crippen MR) is 107 cm³/mol. The fourth-order valence-corrected chi connectivity index (χ4v) is 4.33. The zero-order valence-corrected chi connectivity index (χ0v) is 16.6. The number of fused-ring (bicyclic) bond motifs is 1. The molecular formula is C19H24N6S. The van der Waals surface area contributed by atoms with Crippen molar-refractivity contribution in [3.63, 3.8) is 0 Å². The van der Waals surface area contributed by atoms with Gasteiger partial charge in [0, 0.05) is 48.9 Å². The number of aryl methyl sites for hydroxylation is 4. The SMILES string of the molecule is CCc1nc(N2CCN(c3nc(C)cc(C)n3)CC2)c2cc(C)sc2n1. The molecule has 0 spiro atoms. The Morgan fingerprint density at radius 1 is 0.885 bits per heavy atom. The number of piperazine rings is 1. The number of aromatic nitrogens is 4. The van der Waals surface area contributed by atoms with E-state index in [0.29, 0.717) is 0 Å². The number of hydrogen-bond acceptors (Lipinski definition) is 7. The van der Waals surface area contributed by atoms with E-state index in [9.17, 15) is 0 Å². The van der Waals surface area contributed by atoms with Crippen molar-refractivity contribution in [3.8, 4) is 0 Å². The standard InChI is InChI=1S/C19H24N6S/c1-5-16-22-17(15-11-14(4)26-18(15)23-16)24-6-8-25(9-7-24)19-20-12(2)10-13(3)21-19/h10-11H,5-9H2,1-4H3. The first-order chi connectivity index (χ1) is 12.5. The summed E-state index contributed by atoms with van der Waals surface area (Å²) in [5, 5.41) is 1.18. The van der Waals surface area contributed by atoms with Gasteiger partial charge in [0.2, 0.25) is 5.95 Å². The van der Waals surface area contributed by atoms with E-state index in [1.807, 2.05) is 19.9 Å². The highest BCUT2D eigenvalue weighted by Gasteiger charge is 2.23. The first kappa shape index (κ1) is 17.1. The van der Waals surface area contributed by atoms with E-state index in [4.69, 9.17) is 9.97 Å². The molecule has 0 N–H and O–H groups in total. The number of nitrogens with zero attached hydrogens (tertiary/aromatic N) is 6. The lowest BCUT2D eigenvalue weighted by Gasteiger charge is -2.35. The summed E-state index contributed by atoms with van der Waals surface area (Å²) in [6.45, 7) is 11.9. The molecule has 1 fully saturated rings. The maximum absolute atomic E-state index is 4.85. The van der Waals surface area contributed by atoms with Gasteiger partial charge in [-0.1, -0.05) is 6.92 Å². The van der Waals surface area contributed by atoms with Crippen LogP contribution in [0.4, 0.5) is 11.8 Å². The number of anilines is 2. The molecule has 0 unspecified atom stereocenters. The summed E-state index contributed by atoms with van der Waals surface area (Å²) in [5.41, 5.74) is 2.04. The van der Waals surface area contributed by atoms with Crippen LogP contribution in [0.5, 0.6) is 0 Å². The summed E-state index contributed by atoms with van der Waals surface area (Å²) < 4.78 is 0. The van der Waals surface area contributed by atoms with Gasteiger partial charge >= 0.3 is 0 Å². The Hall–Kier alpha value is -2.28. The lowest BCUT2D eigenvalue weighted by Crippen LogP contribution is -2.47. The van der Waals surface area contributed by atoms with Gasteiger partial charge < -0.3 is 9.80 Å². The van der Waals surface area contributed by atoms with E-state index in [2.05, 4.69) is 39.7 Å². The van der Waals surface area contributed by atoms with Gasteiger partial charge in [0.25, 0.3) is 0 Å². The normalized spacial score (nSPS) is 15.1. The van der Waals surface area contributed by atoms with Crippen LogP contribution in [0.25, 0.3) is 10.2 Å². The summed E-state index contributed by atoms with van der Waals surface area (Å²) in [7, 11) is 0. The Kier molecular flexibility index (Phi) is 4.48. The minimum absolute atomic E-state index is 0.843. The third kappa shape index (κ3) is 3.23. The molecule has 4 heterocycles. The zero-order valence-electron chi connectivity index (χ0n) is 15.8. The number of thiophene rings is 1. The molecule has 0 aliphatic carbocycles. The van der Waals surface area contributed by atoms with Crippen LogP contribution in [0, 0.1) is 20.8 Å². The van der Waals surface area contributed by atoms with E-state index < -0.39 is 0 Å². The molecule has 3 aromatic rings. The van der Waals surface area contributed by atoms with E-state index in [1.54, 1.807) is 11.3 Å². The Morgan fingerprint density at radius 2 is 1.54 bits per heavy atom. The first-order valence-corrected chi connectivity index (χ1v) is 9.94. The van der Waals surface area contributed by atoms with Crippen molar-refractivity contribution >= 4 is 33.3 Å². The predicted octanol–water partition coefficient (Wildman–Crippen LogP) is 3.30. The summed E-state index contributed by atoms with van der Waals surface area (Å²) in [6.07, 6.45) is 0.857. The van der Waals surface area contributed by atoms with Crippen LogP contribution < -0.4 is 9.80 Å². The molecular weight excluding hydrogens is 344 g/mol. The second kappa shape index (κ2) is 6.79. The lowest BCUT2D eigenvalue weighted by atomic mass is 10.2. The van der Waals surface area contributed by atoms with Crippen molar-refractivity contribution in [2.45, 2.75) is 34.1 Å². The van der Waals surface area contributed by atoms with Crippen LogP contribution in [0.2, 0.25) is 0 Å². The number of hydrogen-bond donors (Lipinski definition) is 0. The van der Waals surface area contributed by atoms with Crippen molar-refractivity contribution in [2.75, 3.05) is 36.0 Å². The highest BCUT2D eigenvalue weighted by Crippen LogP contribution is 2.31. The van der Waals surface area contributed by atoms with Crippen LogP contribution in [-0.2, 0) is 6.42 Å². The van der Waals surface area contributed by atoms with Crippen LogP contribution in [0.1, 0.15) is 29.0 Å². The molecule has 0 radical (unpaired) electrons. The molecule has 136 valence electrons. The Morgan fingerprint density at radius 3 is 2.19 bits per heavy atom. The molecule has 0 saturated carbocycles. The Labute approximate surface area is 157 Å². The quantitative estimate of drug-likeness (QED) is 0.707.